The average Bonchev–Trinajstić information content (AvgIpc) is 3.49. The van der Waals surface area contributed by atoms with E-state index >= 15 is 0 Å². The zero-order valence-electron chi connectivity index (χ0n) is 16.2. The first kappa shape index (κ1) is 18.9. The molecule has 148 valence electrons. The Bertz CT molecular complexity index is 896. The third kappa shape index (κ3) is 4.34. The van der Waals surface area contributed by atoms with Gasteiger partial charge in [-0.05, 0) is 49.5 Å². The molecule has 1 unspecified atom stereocenters. The normalized spacial score (nSPS) is 16.5. The van der Waals surface area contributed by atoms with Gasteiger partial charge >= 0.3 is 0 Å². The van der Waals surface area contributed by atoms with Crippen molar-refractivity contribution in [3.63, 3.8) is 0 Å². The quantitative estimate of drug-likeness (QED) is 0.473. The van der Waals surface area contributed by atoms with Gasteiger partial charge in [0.2, 0.25) is 0 Å². The van der Waals surface area contributed by atoms with Gasteiger partial charge in [0.05, 0.1) is 6.04 Å². The second-order valence-corrected chi connectivity index (χ2v) is 7.93. The van der Waals surface area contributed by atoms with Crippen LogP contribution in [-0.4, -0.2) is 58.7 Å². The fraction of sp³-hybridized carbons (Fsp3) is 0.450. The first-order valence-electron chi connectivity index (χ1n) is 9.86. The number of hydrogen-bond acceptors (Lipinski definition) is 5. The van der Waals surface area contributed by atoms with E-state index < -0.39 is 0 Å². The monoisotopic (exact) mass is 397 g/mol. The molecule has 8 heteroatoms. The molecule has 28 heavy (non-hydrogen) atoms. The number of aliphatic imine (C=N–C) groups is 1. The van der Waals surface area contributed by atoms with Gasteiger partial charge in [0.1, 0.15) is 5.82 Å². The number of thiophene rings is 1. The summed E-state index contributed by atoms with van der Waals surface area (Å²) in [5.74, 6) is 1.78. The van der Waals surface area contributed by atoms with Crippen LogP contribution < -0.4 is 10.6 Å². The smallest absolute Gasteiger partial charge is 0.191 e. The van der Waals surface area contributed by atoms with Gasteiger partial charge < -0.3 is 10.6 Å². The summed E-state index contributed by atoms with van der Waals surface area (Å²) in [5.41, 5.74) is 0.879. The van der Waals surface area contributed by atoms with Gasteiger partial charge in [-0.15, -0.1) is 21.5 Å². The van der Waals surface area contributed by atoms with Crippen molar-refractivity contribution in [2.45, 2.75) is 25.3 Å². The van der Waals surface area contributed by atoms with Crippen LogP contribution in [-0.2, 0) is 6.42 Å². The average molecular weight is 398 g/mol. The van der Waals surface area contributed by atoms with Crippen molar-refractivity contribution in [3.05, 3.63) is 52.6 Å². The number of fused-ring (bicyclic) bond motifs is 1. The number of nitrogens with one attached hydrogen (secondary N) is 2. The van der Waals surface area contributed by atoms with Crippen LogP contribution in [0.25, 0.3) is 5.65 Å². The molecule has 4 heterocycles. The molecule has 0 saturated carbocycles. The summed E-state index contributed by atoms with van der Waals surface area (Å²) in [7, 11) is 1.82. The summed E-state index contributed by atoms with van der Waals surface area (Å²) in [4.78, 5) is 8.38. The molecule has 1 saturated heterocycles. The lowest BCUT2D eigenvalue weighted by Gasteiger charge is -2.27. The summed E-state index contributed by atoms with van der Waals surface area (Å²) in [6.07, 6.45) is 5.37. The summed E-state index contributed by atoms with van der Waals surface area (Å²) >= 11 is 1.83. The minimum absolute atomic E-state index is 0.404. The highest BCUT2D eigenvalue weighted by Gasteiger charge is 2.24. The van der Waals surface area contributed by atoms with Crippen molar-refractivity contribution < 1.29 is 0 Å². The lowest BCUT2D eigenvalue weighted by molar-refractivity contribution is 0.249. The molecule has 0 spiro atoms. The van der Waals surface area contributed by atoms with E-state index in [0.717, 1.165) is 36.9 Å². The molecule has 0 aromatic carbocycles. The van der Waals surface area contributed by atoms with E-state index in [4.69, 9.17) is 0 Å². The Morgan fingerprint density at radius 1 is 1.18 bits per heavy atom. The fourth-order valence-electron chi connectivity index (χ4n) is 3.71. The molecule has 3 aromatic rings. The molecular weight excluding hydrogens is 370 g/mol. The molecule has 1 atom stereocenters. The van der Waals surface area contributed by atoms with Gasteiger partial charge in [-0.25, -0.2) is 0 Å². The molecule has 1 aliphatic heterocycles. The molecule has 0 aliphatic carbocycles. The summed E-state index contributed by atoms with van der Waals surface area (Å²) < 4.78 is 2.03. The highest BCUT2D eigenvalue weighted by Crippen LogP contribution is 2.27. The minimum Gasteiger partial charge on any atom is -0.356 e. The Kier molecular flexibility index (Phi) is 6.18. The molecule has 1 fully saturated rings. The predicted molar refractivity (Wildman–Crippen MR) is 114 cm³/mol. The molecule has 0 amide bonds. The largest absolute Gasteiger partial charge is 0.356 e. The van der Waals surface area contributed by atoms with Crippen molar-refractivity contribution >= 4 is 22.9 Å². The third-order valence-corrected chi connectivity index (χ3v) is 6.14. The van der Waals surface area contributed by atoms with Crippen LogP contribution in [0.5, 0.6) is 0 Å². The van der Waals surface area contributed by atoms with E-state index in [1.165, 1.54) is 30.8 Å². The van der Waals surface area contributed by atoms with Crippen LogP contribution in [0.4, 0.5) is 0 Å². The molecule has 1 aliphatic rings. The molecule has 4 rings (SSSR count). The van der Waals surface area contributed by atoms with Crippen molar-refractivity contribution in [1.29, 1.82) is 0 Å². The molecule has 0 bridgehead atoms. The minimum atomic E-state index is 0.404. The predicted octanol–water partition coefficient (Wildman–Crippen LogP) is 2.34. The van der Waals surface area contributed by atoms with Crippen molar-refractivity contribution in [3.8, 4) is 0 Å². The maximum Gasteiger partial charge on any atom is 0.191 e. The second kappa shape index (κ2) is 9.16. The Labute approximate surface area is 169 Å². The van der Waals surface area contributed by atoms with Gasteiger partial charge in [-0.3, -0.25) is 14.3 Å². The van der Waals surface area contributed by atoms with Crippen molar-refractivity contribution in [2.75, 3.05) is 33.2 Å². The van der Waals surface area contributed by atoms with Gasteiger partial charge in [0.25, 0.3) is 0 Å². The summed E-state index contributed by atoms with van der Waals surface area (Å²) in [6.45, 7) is 3.96. The van der Waals surface area contributed by atoms with E-state index in [-0.39, 0.29) is 0 Å². The number of aromatic nitrogens is 3. The van der Waals surface area contributed by atoms with E-state index in [0.29, 0.717) is 6.04 Å². The van der Waals surface area contributed by atoms with Crippen molar-refractivity contribution in [1.82, 2.24) is 30.1 Å². The Balaban J connectivity index is 1.31. The maximum atomic E-state index is 4.39. The lowest BCUT2D eigenvalue weighted by atomic mass is 10.2. The third-order valence-electron chi connectivity index (χ3n) is 5.16. The molecule has 7 nitrogen and oxygen atoms in total. The van der Waals surface area contributed by atoms with E-state index in [1.54, 1.807) is 0 Å². The number of nitrogens with zero attached hydrogens (tertiary/aromatic N) is 5. The molecule has 2 N–H and O–H groups in total. The van der Waals surface area contributed by atoms with Crippen LogP contribution in [0.1, 0.15) is 29.6 Å². The number of guanidine groups is 1. The Hall–Kier alpha value is -2.45. The van der Waals surface area contributed by atoms with Crippen LogP contribution in [0, 0.1) is 0 Å². The number of pyridine rings is 1. The van der Waals surface area contributed by atoms with E-state index in [1.807, 2.05) is 47.2 Å². The van der Waals surface area contributed by atoms with Gasteiger partial charge in [0.15, 0.2) is 11.6 Å². The fourth-order valence-corrected chi connectivity index (χ4v) is 4.57. The van der Waals surface area contributed by atoms with Gasteiger partial charge in [-0.2, -0.15) is 0 Å². The number of hydrogen-bond donors (Lipinski definition) is 2. The maximum absolute atomic E-state index is 4.39. The van der Waals surface area contributed by atoms with E-state index in [2.05, 4.69) is 48.2 Å². The lowest BCUT2D eigenvalue weighted by Crippen LogP contribution is -2.43. The molecule has 3 aromatic heterocycles. The zero-order chi connectivity index (χ0) is 19.2. The summed E-state index contributed by atoms with van der Waals surface area (Å²) in [5, 5.41) is 17.6. The first-order valence-corrected chi connectivity index (χ1v) is 10.7. The summed E-state index contributed by atoms with van der Waals surface area (Å²) in [6, 6.07) is 10.7. The van der Waals surface area contributed by atoms with Crippen molar-refractivity contribution in [2.24, 2.45) is 4.99 Å². The Morgan fingerprint density at radius 2 is 2.07 bits per heavy atom. The second-order valence-electron chi connectivity index (χ2n) is 6.95. The van der Waals surface area contributed by atoms with Gasteiger partial charge in [-0.1, -0.05) is 12.1 Å². The topological polar surface area (TPSA) is 69.8 Å². The molecular formula is C20H27N7S. The van der Waals surface area contributed by atoms with Crippen LogP contribution in [0.15, 0.2) is 46.9 Å². The van der Waals surface area contributed by atoms with Crippen LogP contribution in [0.3, 0.4) is 0 Å². The van der Waals surface area contributed by atoms with Crippen LogP contribution in [0.2, 0.25) is 0 Å². The number of rotatable bonds is 7. The van der Waals surface area contributed by atoms with Crippen LogP contribution >= 0.6 is 11.3 Å². The van der Waals surface area contributed by atoms with E-state index in [9.17, 15) is 0 Å². The SMILES string of the molecule is CN=C(NCCc1nnc2ccccn12)NCC(c1cccs1)N1CCCC1. The van der Waals surface area contributed by atoms with Gasteiger partial charge in [0, 0.05) is 37.6 Å². The Morgan fingerprint density at radius 3 is 2.86 bits per heavy atom. The first-order chi connectivity index (χ1) is 13.8. The highest BCUT2D eigenvalue weighted by atomic mass is 32.1. The molecule has 0 radical (unpaired) electrons. The highest BCUT2D eigenvalue weighted by molar-refractivity contribution is 7.10. The number of likely N-dealkylation sites (tertiary alicyclic amines) is 1. The standard InChI is InChI=1S/C20H27N7S/c1-21-20(22-10-9-19-25-24-18-8-2-3-13-27(18)19)23-15-16(17-7-6-14-28-17)26-11-4-5-12-26/h2-3,6-8,13-14,16H,4-5,9-12,15H2,1H3,(H2,21,22,23). The zero-order valence-corrected chi connectivity index (χ0v) is 17.0.